The van der Waals surface area contributed by atoms with Crippen LogP contribution in [-0.2, 0) is 11.8 Å². The molecule has 0 spiro atoms. The summed E-state index contributed by atoms with van der Waals surface area (Å²) >= 11 is 1.27. The van der Waals surface area contributed by atoms with E-state index in [0.29, 0.717) is 22.2 Å². The largest absolute Gasteiger partial charge is 0.325 e. The Morgan fingerprint density at radius 1 is 1.24 bits per heavy atom. The minimum atomic E-state index is -0.347. The van der Waals surface area contributed by atoms with E-state index in [1.165, 1.54) is 17.8 Å². The van der Waals surface area contributed by atoms with E-state index in [-0.39, 0.29) is 17.5 Å². The first-order chi connectivity index (χ1) is 12.0. The molecule has 0 unspecified atom stereocenters. The first kappa shape index (κ1) is 17.1. The van der Waals surface area contributed by atoms with Crippen molar-refractivity contribution in [3.63, 3.8) is 0 Å². The monoisotopic (exact) mass is 357 g/mol. The topological polar surface area (TPSA) is 72.7 Å². The maximum absolute atomic E-state index is 13.5. The quantitative estimate of drug-likeness (QED) is 0.711. The Morgan fingerprint density at radius 3 is 2.72 bits per heavy atom. The first-order valence-electron chi connectivity index (χ1n) is 7.53. The van der Waals surface area contributed by atoms with Crippen LogP contribution in [0, 0.1) is 12.7 Å². The Kier molecular flexibility index (Phi) is 5.08. The van der Waals surface area contributed by atoms with Crippen LogP contribution in [0.3, 0.4) is 0 Å². The second-order valence-corrected chi connectivity index (χ2v) is 6.34. The number of aromatic nitrogens is 4. The SMILES string of the molecule is Cc1ccc(NC(=O)CSc2nnc(-c3ccncc3)n2C)cc1F. The highest BCUT2D eigenvalue weighted by Gasteiger charge is 2.13. The Balaban J connectivity index is 1.63. The van der Waals surface area contributed by atoms with Crippen LogP contribution in [0.4, 0.5) is 10.1 Å². The molecular formula is C17H16FN5OS. The van der Waals surface area contributed by atoms with E-state index in [0.717, 1.165) is 5.56 Å². The van der Waals surface area contributed by atoms with E-state index in [1.807, 2.05) is 23.7 Å². The van der Waals surface area contributed by atoms with Gasteiger partial charge in [0.1, 0.15) is 5.82 Å². The van der Waals surface area contributed by atoms with E-state index in [1.54, 1.807) is 31.5 Å². The molecule has 0 aliphatic heterocycles. The zero-order valence-corrected chi connectivity index (χ0v) is 14.5. The van der Waals surface area contributed by atoms with E-state index in [4.69, 9.17) is 0 Å². The van der Waals surface area contributed by atoms with Crippen LogP contribution in [0.1, 0.15) is 5.56 Å². The van der Waals surface area contributed by atoms with Crippen LogP contribution in [0.25, 0.3) is 11.4 Å². The lowest BCUT2D eigenvalue weighted by Gasteiger charge is -2.06. The van der Waals surface area contributed by atoms with Crippen molar-refractivity contribution >= 4 is 23.4 Å². The number of anilines is 1. The summed E-state index contributed by atoms with van der Waals surface area (Å²) in [6.45, 7) is 1.67. The molecule has 1 aromatic carbocycles. The van der Waals surface area contributed by atoms with Gasteiger partial charge in [0, 0.05) is 30.7 Å². The summed E-state index contributed by atoms with van der Waals surface area (Å²) in [5, 5.41) is 11.6. The fourth-order valence-corrected chi connectivity index (χ4v) is 2.90. The molecule has 0 aliphatic carbocycles. The standard InChI is InChI=1S/C17H16FN5OS/c1-11-3-4-13(9-14(11)18)20-15(24)10-25-17-22-21-16(23(17)2)12-5-7-19-8-6-12/h3-9H,10H2,1-2H3,(H,20,24). The van der Waals surface area contributed by atoms with Crippen molar-refractivity contribution in [3.8, 4) is 11.4 Å². The lowest BCUT2D eigenvalue weighted by molar-refractivity contribution is -0.113. The van der Waals surface area contributed by atoms with Gasteiger partial charge in [-0.1, -0.05) is 17.8 Å². The Labute approximate surface area is 148 Å². The third-order valence-corrected chi connectivity index (χ3v) is 4.58. The van der Waals surface area contributed by atoms with Crippen molar-refractivity contribution < 1.29 is 9.18 Å². The molecule has 0 saturated carbocycles. The van der Waals surface area contributed by atoms with Crippen LogP contribution in [0.15, 0.2) is 47.9 Å². The van der Waals surface area contributed by atoms with Crippen LogP contribution < -0.4 is 5.32 Å². The minimum absolute atomic E-state index is 0.151. The maximum atomic E-state index is 13.5. The highest BCUT2D eigenvalue weighted by Crippen LogP contribution is 2.22. The number of nitrogens with zero attached hydrogens (tertiary/aromatic N) is 4. The Hall–Kier alpha value is -2.74. The van der Waals surface area contributed by atoms with Gasteiger partial charge in [-0.3, -0.25) is 9.78 Å². The number of pyridine rings is 1. The van der Waals surface area contributed by atoms with Gasteiger partial charge in [0.2, 0.25) is 5.91 Å². The van der Waals surface area contributed by atoms with Gasteiger partial charge >= 0.3 is 0 Å². The molecule has 2 heterocycles. The second kappa shape index (κ2) is 7.43. The molecule has 8 heteroatoms. The molecule has 1 N–H and O–H groups in total. The van der Waals surface area contributed by atoms with E-state index in [9.17, 15) is 9.18 Å². The highest BCUT2D eigenvalue weighted by atomic mass is 32.2. The number of aryl methyl sites for hydroxylation is 1. The van der Waals surface area contributed by atoms with Crippen LogP contribution in [-0.4, -0.2) is 31.4 Å². The van der Waals surface area contributed by atoms with Crippen LogP contribution in [0.2, 0.25) is 0 Å². The van der Waals surface area contributed by atoms with Gasteiger partial charge < -0.3 is 9.88 Å². The lowest BCUT2D eigenvalue weighted by Crippen LogP contribution is -2.14. The fourth-order valence-electron chi connectivity index (χ4n) is 2.19. The molecule has 6 nitrogen and oxygen atoms in total. The van der Waals surface area contributed by atoms with Crippen molar-refractivity contribution in [2.45, 2.75) is 12.1 Å². The summed E-state index contributed by atoms with van der Waals surface area (Å²) in [4.78, 5) is 16.0. The second-order valence-electron chi connectivity index (χ2n) is 5.40. The molecule has 0 fully saturated rings. The zero-order valence-electron chi connectivity index (χ0n) is 13.7. The summed E-state index contributed by atoms with van der Waals surface area (Å²) in [6.07, 6.45) is 3.37. The number of hydrogen-bond donors (Lipinski definition) is 1. The molecule has 128 valence electrons. The normalized spacial score (nSPS) is 10.7. The van der Waals surface area contributed by atoms with E-state index in [2.05, 4.69) is 20.5 Å². The number of halogens is 1. The van der Waals surface area contributed by atoms with Gasteiger partial charge in [0.25, 0.3) is 0 Å². The molecule has 0 aliphatic rings. The van der Waals surface area contributed by atoms with Crippen molar-refractivity contribution in [1.29, 1.82) is 0 Å². The van der Waals surface area contributed by atoms with Gasteiger partial charge in [-0.15, -0.1) is 10.2 Å². The molecule has 1 amide bonds. The number of carbonyl (C=O) groups is 1. The average Bonchev–Trinajstić information content (AvgIpc) is 2.98. The summed E-state index contributed by atoms with van der Waals surface area (Å²) in [5.74, 6) is 0.269. The number of thioether (sulfide) groups is 1. The third-order valence-electron chi connectivity index (χ3n) is 3.56. The first-order valence-corrected chi connectivity index (χ1v) is 8.52. The molecular weight excluding hydrogens is 341 g/mol. The fraction of sp³-hybridized carbons (Fsp3) is 0.176. The molecule has 2 aromatic heterocycles. The summed E-state index contributed by atoms with van der Waals surface area (Å²) in [6, 6.07) is 8.29. The number of hydrogen-bond acceptors (Lipinski definition) is 5. The van der Waals surface area contributed by atoms with Gasteiger partial charge in [-0.25, -0.2) is 4.39 Å². The van der Waals surface area contributed by atoms with Crippen molar-refractivity contribution in [2.75, 3.05) is 11.1 Å². The molecule has 3 aromatic rings. The predicted octanol–water partition coefficient (Wildman–Crippen LogP) is 3.06. The molecule has 25 heavy (non-hydrogen) atoms. The molecule has 0 atom stereocenters. The number of amides is 1. The van der Waals surface area contributed by atoms with Gasteiger partial charge in [-0.05, 0) is 36.8 Å². The molecule has 3 rings (SSSR count). The van der Waals surface area contributed by atoms with E-state index < -0.39 is 0 Å². The van der Waals surface area contributed by atoms with Gasteiger partial charge in [-0.2, -0.15) is 0 Å². The van der Waals surface area contributed by atoms with Crippen LogP contribution in [0.5, 0.6) is 0 Å². The summed E-state index contributed by atoms with van der Waals surface area (Å²) in [7, 11) is 1.84. The molecule has 0 bridgehead atoms. The smallest absolute Gasteiger partial charge is 0.234 e. The highest BCUT2D eigenvalue weighted by molar-refractivity contribution is 7.99. The average molecular weight is 357 g/mol. The summed E-state index contributed by atoms with van der Waals surface area (Å²) < 4.78 is 15.3. The van der Waals surface area contributed by atoms with Gasteiger partial charge in [0.05, 0.1) is 5.75 Å². The molecule has 0 radical (unpaired) electrons. The van der Waals surface area contributed by atoms with Crippen LogP contribution >= 0.6 is 11.8 Å². The third kappa shape index (κ3) is 4.03. The Morgan fingerprint density at radius 2 is 2.00 bits per heavy atom. The van der Waals surface area contributed by atoms with Crippen molar-refractivity contribution in [3.05, 3.63) is 54.1 Å². The van der Waals surface area contributed by atoms with E-state index >= 15 is 0 Å². The predicted molar refractivity (Wildman–Crippen MR) is 94.7 cm³/mol. The number of nitrogens with one attached hydrogen (secondary N) is 1. The van der Waals surface area contributed by atoms with Crippen molar-refractivity contribution in [1.82, 2.24) is 19.7 Å². The molecule has 0 saturated heterocycles. The minimum Gasteiger partial charge on any atom is -0.325 e. The zero-order chi connectivity index (χ0) is 17.8. The maximum Gasteiger partial charge on any atom is 0.234 e. The number of benzene rings is 1. The van der Waals surface area contributed by atoms with Crippen molar-refractivity contribution in [2.24, 2.45) is 7.05 Å². The number of rotatable bonds is 5. The Bertz CT molecular complexity index is 897. The summed E-state index contributed by atoms with van der Waals surface area (Å²) in [5.41, 5.74) is 1.87. The van der Waals surface area contributed by atoms with Gasteiger partial charge in [0.15, 0.2) is 11.0 Å². The number of carbonyl (C=O) groups excluding carboxylic acids is 1. The lowest BCUT2D eigenvalue weighted by atomic mass is 10.2.